The molecule has 24 heavy (non-hydrogen) atoms. The van der Waals surface area contributed by atoms with E-state index in [2.05, 4.69) is 5.32 Å². The Labute approximate surface area is 150 Å². The van der Waals surface area contributed by atoms with Gasteiger partial charge in [0.25, 0.3) is 0 Å². The zero-order chi connectivity index (χ0) is 17.5. The molecule has 0 aromatic heterocycles. The lowest BCUT2D eigenvalue weighted by Crippen LogP contribution is -2.22. The minimum Gasteiger partial charge on any atom is -0.462 e. The van der Waals surface area contributed by atoms with Crippen molar-refractivity contribution in [2.75, 3.05) is 11.9 Å². The Bertz CT molecular complexity index is 701. The van der Waals surface area contributed by atoms with E-state index < -0.39 is 0 Å². The maximum Gasteiger partial charge on any atom is 0.338 e. The molecular weight excluding hydrogens is 346 g/mol. The van der Waals surface area contributed by atoms with Crippen molar-refractivity contribution in [1.82, 2.24) is 0 Å². The van der Waals surface area contributed by atoms with Crippen LogP contribution in [0.4, 0.5) is 5.69 Å². The number of ether oxygens (including phenoxy) is 1. The first-order chi connectivity index (χ1) is 11.5. The number of halogens is 1. The molecule has 1 unspecified atom stereocenters. The summed E-state index contributed by atoms with van der Waals surface area (Å²) in [4.78, 5) is 24.8. The van der Waals surface area contributed by atoms with Gasteiger partial charge < -0.3 is 10.1 Å². The highest BCUT2D eigenvalue weighted by molar-refractivity contribution is 8.00. The van der Waals surface area contributed by atoms with Crippen LogP contribution in [0.5, 0.6) is 0 Å². The van der Waals surface area contributed by atoms with Crippen LogP contribution in [0.1, 0.15) is 24.2 Å². The van der Waals surface area contributed by atoms with Gasteiger partial charge in [-0.25, -0.2) is 4.79 Å². The topological polar surface area (TPSA) is 55.4 Å². The molecule has 2 aromatic carbocycles. The average molecular weight is 364 g/mol. The fourth-order valence-corrected chi connectivity index (χ4v) is 2.91. The van der Waals surface area contributed by atoms with E-state index in [-0.39, 0.29) is 17.1 Å². The molecule has 1 atom stereocenters. The predicted molar refractivity (Wildman–Crippen MR) is 97.8 cm³/mol. The number of carbonyl (C=O) groups is 2. The molecule has 0 aliphatic carbocycles. The first kappa shape index (κ1) is 18.4. The lowest BCUT2D eigenvalue weighted by Gasteiger charge is -2.12. The van der Waals surface area contributed by atoms with Crippen LogP contribution in [-0.2, 0) is 9.53 Å². The van der Waals surface area contributed by atoms with Crippen molar-refractivity contribution in [1.29, 1.82) is 0 Å². The second kappa shape index (κ2) is 8.76. The standard InChI is InChI=1S/C18H18ClNO3S/c1-3-23-18(22)13-4-8-15(9-5-13)20-17(21)12(2)24-16-10-6-14(19)7-11-16/h4-12H,3H2,1-2H3,(H,20,21). The van der Waals surface area contributed by atoms with Crippen LogP contribution in [0.15, 0.2) is 53.4 Å². The number of rotatable bonds is 6. The molecule has 0 heterocycles. The third-order valence-electron chi connectivity index (χ3n) is 3.16. The van der Waals surface area contributed by atoms with Gasteiger partial charge in [-0.15, -0.1) is 11.8 Å². The summed E-state index contributed by atoms with van der Waals surface area (Å²) < 4.78 is 4.92. The van der Waals surface area contributed by atoms with Gasteiger partial charge in [-0.05, 0) is 62.4 Å². The molecule has 1 amide bonds. The molecule has 0 saturated heterocycles. The van der Waals surface area contributed by atoms with E-state index in [4.69, 9.17) is 16.3 Å². The van der Waals surface area contributed by atoms with Crippen LogP contribution < -0.4 is 5.32 Å². The zero-order valence-corrected chi connectivity index (χ0v) is 15.0. The number of thioether (sulfide) groups is 1. The Balaban J connectivity index is 1.93. The molecule has 4 nitrogen and oxygen atoms in total. The Hall–Kier alpha value is -1.98. The van der Waals surface area contributed by atoms with Crippen molar-refractivity contribution >= 4 is 40.9 Å². The Morgan fingerprint density at radius 2 is 1.75 bits per heavy atom. The van der Waals surface area contributed by atoms with Crippen molar-refractivity contribution in [3.05, 3.63) is 59.1 Å². The minimum absolute atomic E-state index is 0.112. The summed E-state index contributed by atoms with van der Waals surface area (Å²) in [6.45, 7) is 3.92. The van der Waals surface area contributed by atoms with Crippen LogP contribution in [0, 0.1) is 0 Å². The van der Waals surface area contributed by atoms with Gasteiger partial charge in [0.1, 0.15) is 0 Å². The fourth-order valence-electron chi connectivity index (χ4n) is 1.92. The molecule has 0 bridgehead atoms. The fraction of sp³-hybridized carbons (Fsp3) is 0.222. The van der Waals surface area contributed by atoms with Crippen LogP contribution in [-0.4, -0.2) is 23.7 Å². The highest BCUT2D eigenvalue weighted by Crippen LogP contribution is 2.25. The number of benzene rings is 2. The minimum atomic E-state index is -0.373. The average Bonchev–Trinajstić information content (AvgIpc) is 2.57. The molecule has 126 valence electrons. The van der Waals surface area contributed by atoms with Gasteiger partial charge in [-0.3, -0.25) is 4.79 Å². The summed E-state index contributed by atoms with van der Waals surface area (Å²) in [6, 6.07) is 14.0. The number of esters is 1. The zero-order valence-electron chi connectivity index (χ0n) is 13.4. The summed E-state index contributed by atoms with van der Waals surface area (Å²) in [5, 5.41) is 3.23. The molecular formula is C18H18ClNO3S. The Morgan fingerprint density at radius 3 is 2.33 bits per heavy atom. The Kier molecular flexibility index (Phi) is 6.70. The predicted octanol–water partition coefficient (Wildman–Crippen LogP) is 4.64. The molecule has 0 fully saturated rings. The second-order valence-electron chi connectivity index (χ2n) is 5.00. The summed E-state index contributed by atoms with van der Waals surface area (Å²) in [5.41, 5.74) is 1.09. The highest BCUT2D eigenvalue weighted by atomic mass is 35.5. The number of amides is 1. The van der Waals surface area contributed by atoms with Crippen molar-refractivity contribution in [2.24, 2.45) is 0 Å². The Morgan fingerprint density at radius 1 is 1.12 bits per heavy atom. The molecule has 6 heteroatoms. The van der Waals surface area contributed by atoms with E-state index in [1.54, 1.807) is 43.3 Å². The molecule has 0 radical (unpaired) electrons. The smallest absolute Gasteiger partial charge is 0.338 e. The molecule has 0 spiro atoms. The summed E-state index contributed by atoms with van der Waals surface area (Å²) >= 11 is 7.30. The van der Waals surface area contributed by atoms with E-state index in [1.807, 2.05) is 19.1 Å². The van der Waals surface area contributed by atoms with Crippen molar-refractivity contribution in [2.45, 2.75) is 24.0 Å². The first-order valence-electron chi connectivity index (χ1n) is 7.50. The molecule has 2 rings (SSSR count). The largest absolute Gasteiger partial charge is 0.462 e. The maximum absolute atomic E-state index is 12.3. The number of anilines is 1. The number of hydrogen-bond acceptors (Lipinski definition) is 4. The van der Waals surface area contributed by atoms with Crippen LogP contribution >= 0.6 is 23.4 Å². The number of nitrogens with one attached hydrogen (secondary N) is 1. The monoisotopic (exact) mass is 363 g/mol. The van der Waals surface area contributed by atoms with Crippen LogP contribution in [0.25, 0.3) is 0 Å². The van der Waals surface area contributed by atoms with Crippen LogP contribution in [0.2, 0.25) is 5.02 Å². The molecule has 0 aliphatic rings. The van der Waals surface area contributed by atoms with Gasteiger partial charge in [0, 0.05) is 15.6 Å². The number of hydrogen-bond donors (Lipinski definition) is 1. The van der Waals surface area contributed by atoms with Gasteiger partial charge in [-0.2, -0.15) is 0 Å². The third kappa shape index (κ3) is 5.28. The number of carbonyl (C=O) groups excluding carboxylic acids is 2. The summed E-state index contributed by atoms with van der Waals surface area (Å²) in [7, 11) is 0. The van der Waals surface area contributed by atoms with Gasteiger partial charge >= 0.3 is 5.97 Å². The lowest BCUT2D eigenvalue weighted by atomic mass is 10.2. The summed E-state index contributed by atoms with van der Waals surface area (Å²) in [5.74, 6) is -0.485. The van der Waals surface area contributed by atoms with Gasteiger partial charge in [-0.1, -0.05) is 11.6 Å². The van der Waals surface area contributed by atoms with E-state index in [1.165, 1.54) is 11.8 Å². The SMILES string of the molecule is CCOC(=O)c1ccc(NC(=O)C(C)Sc2ccc(Cl)cc2)cc1. The van der Waals surface area contributed by atoms with Gasteiger partial charge in [0.2, 0.25) is 5.91 Å². The molecule has 1 N–H and O–H groups in total. The molecule has 2 aromatic rings. The van der Waals surface area contributed by atoms with E-state index in [0.717, 1.165) is 4.90 Å². The van der Waals surface area contributed by atoms with E-state index >= 15 is 0 Å². The normalized spacial score (nSPS) is 11.6. The van der Waals surface area contributed by atoms with Gasteiger partial charge in [0.05, 0.1) is 17.4 Å². The van der Waals surface area contributed by atoms with Crippen molar-refractivity contribution in [3.63, 3.8) is 0 Å². The third-order valence-corrected chi connectivity index (χ3v) is 4.52. The molecule has 0 aliphatic heterocycles. The van der Waals surface area contributed by atoms with Gasteiger partial charge in [0.15, 0.2) is 0 Å². The van der Waals surface area contributed by atoms with E-state index in [9.17, 15) is 9.59 Å². The lowest BCUT2D eigenvalue weighted by molar-refractivity contribution is -0.115. The summed E-state index contributed by atoms with van der Waals surface area (Å²) in [6.07, 6.45) is 0. The van der Waals surface area contributed by atoms with E-state index in [0.29, 0.717) is 22.9 Å². The van der Waals surface area contributed by atoms with Crippen molar-refractivity contribution < 1.29 is 14.3 Å². The van der Waals surface area contributed by atoms with Crippen LogP contribution in [0.3, 0.4) is 0 Å². The second-order valence-corrected chi connectivity index (χ2v) is 6.85. The quantitative estimate of drug-likeness (QED) is 0.600. The maximum atomic E-state index is 12.3. The first-order valence-corrected chi connectivity index (χ1v) is 8.75. The molecule has 0 saturated carbocycles. The van der Waals surface area contributed by atoms with Crippen molar-refractivity contribution in [3.8, 4) is 0 Å². The highest BCUT2D eigenvalue weighted by Gasteiger charge is 2.15.